The van der Waals surface area contributed by atoms with Gasteiger partial charge in [0.25, 0.3) is 5.69 Å². The zero-order valence-corrected chi connectivity index (χ0v) is 13.0. The number of benzene rings is 1. The number of nitro groups is 1. The lowest BCUT2D eigenvalue weighted by molar-refractivity contribution is -0.384. The first-order valence-electron chi connectivity index (χ1n) is 6.84. The number of non-ortho nitro benzene ring substituents is 1. The Bertz CT molecular complexity index is 503. The summed E-state index contributed by atoms with van der Waals surface area (Å²) in [6.45, 7) is 9.26. The van der Waals surface area contributed by atoms with Crippen LogP contribution in [-0.4, -0.2) is 22.5 Å². The number of rotatable bonds is 5. The number of nitro benzene ring substituents is 1. The van der Waals surface area contributed by atoms with E-state index in [1.54, 1.807) is 12.1 Å². The quantitative estimate of drug-likeness (QED) is 0.511. The molecule has 6 heteroatoms. The van der Waals surface area contributed by atoms with Gasteiger partial charge in [0.15, 0.2) is 0 Å². The molecule has 0 aromatic heterocycles. The number of hydrogen-bond acceptors (Lipinski definition) is 5. The maximum absolute atomic E-state index is 12.2. The molecule has 1 aromatic rings. The monoisotopic (exact) mass is 294 g/mol. The molecule has 6 nitrogen and oxygen atoms in total. The molecule has 1 atom stereocenters. The van der Waals surface area contributed by atoms with Gasteiger partial charge in [-0.05, 0) is 38.8 Å². The van der Waals surface area contributed by atoms with Gasteiger partial charge < -0.3 is 10.1 Å². The topological polar surface area (TPSA) is 81.5 Å². The van der Waals surface area contributed by atoms with Gasteiger partial charge in [0.2, 0.25) is 0 Å². The fourth-order valence-electron chi connectivity index (χ4n) is 1.72. The molecular weight excluding hydrogens is 272 g/mol. The first-order valence-corrected chi connectivity index (χ1v) is 6.84. The third kappa shape index (κ3) is 5.41. The van der Waals surface area contributed by atoms with Crippen molar-refractivity contribution in [2.45, 2.75) is 46.3 Å². The first kappa shape index (κ1) is 16.9. The fourth-order valence-corrected chi connectivity index (χ4v) is 1.72. The maximum atomic E-state index is 12.2. The minimum atomic E-state index is -0.554. The van der Waals surface area contributed by atoms with Gasteiger partial charge in [-0.15, -0.1) is 0 Å². The second-order valence-corrected chi connectivity index (χ2v) is 6.20. The Morgan fingerprint density at radius 1 is 1.24 bits per heavy atom. The lowest BCUT2D eigenvalue weighted by atomic mass is 10.0. The highest BCUT2D eigenvalue weighted by molar-refractivity contribution is 5.80. The number of nitrogens with zero attached hydrogens (tertiary/aromatic N) is 1. The van der Waals surface area contributed by atoms with E-state index in [0.29, 0.717) is 5.69 Å². The Balaban J connectivity index is 2.83. The van der Waals surface area contributed by atoms with E-state index < -0.39 is 16.6 Å². The second-order valence-electron chi connectivity index (χ2n) is 6.20. The molecule has 0 aliphatic carbocycles. The van der Waals surface area contributed by atoms with Crippen LogP contribution in [0.3, 0.4) is 0 Å². The molecule has 0 heterocycles. The Hall–Kier alpha value is -2.11. The van der Waals surface area contributed by atoms with Crippen LogP contribution in [0.25, 0.3) is 0 Å². The van der Waals surface area contributed by atoms with Crippen molar-refractivity contribution in [1.29, 1.82) is 0 Å². The molecule has 0 saturated heterocycles. The molecule has 1 rings (SSSR count). The number of esters is 1. The van der Waals surface area contributed by atoms with Gasteiger partial charge >= 0.3 is 5.97 Å². The Kier molecular flexibility index (Phi) is 5.29. The number of hydrogen-bond donors (Lipinski definition) is 1. The molecule has 0 fully saturated rings. The summed E-state index contributed by atoms with van der Waals surface area (Å²) in [4.78, 5) is 22.3. The van der Waals surface area contributed by atoms with Crippen LogP contribution in [0.5, 0.6) is 0 Å². The van der Waals surface area contributed by atoms with Crippen LogP contribution in [0, 0.1) is 16.0 Å². The summed E-state index contributed by atoms with van der Waals surface area (Å²) in [5.41, 5.74) is 0.102. The van der Waals surface area contributed by atoms with Gasteiger partial charge in [0.05, 0.1) is 4.92 Å². The number of anilines is 1. The van der Waals surface area contributed by atoms with Crippen LogP contribution < -0.4 is 5.32 Å². The van der Waals surface area contributed by atoms with E-state index in [4.69, 9.17) is 4.74 Å². The maximum Gasteiger partial charge on any atom is 0.329 e. The van der Waals surface area contributed by atoms with Crippen molar-refractivity contribution in [1.82, 2.24) is 0 Å². The van der Waals surface area contributed by atoms with E-state index in [1.807, 2.05) is 34.6 Å². The zero-order chi connectivity index (χ0) is 16.2. The molecule has 0 aliphatic rings. The Labute approximate surface area is 124 Å². The Morgan fingerprint density at radius 2 is 1.76 bits per heavy atom. The minimum absolute atomic E-state index is 0.0129. The normalized spacial score (nSPS) is 12.9. The average molecular weight is 294 g/mol. The molecule has 0 bridgehead atoms. The number of carbonyl (C=O) groups excluding carboxylic acids is 1. The van der Waals surface area contributed by atoms with Crippen LogP contribution in [0.4, 0.5) is 11.4 Å². The smallest absolute Gasteiger partial charge is 0.329 e. The lowest BCUT2D eigenvalue weighted by Crippen LogP contribution is -2.39. The van der Waals surface area contributed by atoms with Crippen molar-refractivity contribution in [3.8, 4) is 0 Å². The van der Waals surface area contributed by atoms with Crippen LogP contribution in [0.1, 0.15) is 34.6 Å². The fraction of sp³-hybridized carbons (Fsp3) is 0.533. The minimum Gasteiger partial charge on any atom is -0.458 e. The van der Waals surface area contributed by atoms with E-state index >= 15 is 0 Å². The highest BCUT2D eigenvalue weighted by Gasteiger charge is 2.27. The number of carbonyl (C=O) groups is 1. The summed E-state index contributed by atoms with van der Waals surface area (Å²) < 4.78 is 5.39. The van der Waals surface area contributed by atoms with Crippen LogP contribution >= 0.6 is 0 Å². The first-order chi connectivity index (χ1) is 9.60. The summed E-state index contributed by atoms with van der Waals surface area (Å²) in [6, 6.07) is 5.45. The van der Waals surface area contributed by atoms with Crippen LogP contribution in [0.15, 0.2) is 24.3 Å². The van der Waals surface area contributed by atoms with E-state index in [2.05, 4.69) is 5.32 Å². The van der Waals surface area contributed by atoms with E-state index in [0.717, 1.165) is 0 Å². The Morgan fingerprint density at radius 3 is 2.14 bits per heavy atom. The standard InChI is InChI=1S/C15H22N2O4/c1-10(2)13(14(18)21-15(3,4)5)16-11-6-8-12(9-7-11)17(19)20/h6-10,13,16H,1-5H3/t13-/m1/s1. The average Bonchev–Trinajstić information content (AvgIpc) is 2.33. The van der Waals surface area contributed by atoms with E-state index in [9.17, 15) is 14.9 Å². The van der Waals surface area contributed by atoms with Crippen molar-refractivity contribution in [2.24, 2.45) is 5.92 Å². The van der Waals surface area contributed by atoms with Gasteiger partial charge in [-0.2, -0.15) is 0 Å². The molecule has 0 radical (unpaired) electrons. The SMILES string of the molecule is CC(C)[C@@H](Nc1ccc([N+](=O)[O-])cc1)C(=O)OC(C)(C)C. The molecule has 0 amide bonds. The van der Waals surface area contributed by atoms with Gasteiger partial charge in [-0.3, -0.25) is 10.1 Å². The van der Waals surface area contributed by atoms with Gasteiger partial charge in [-0.1, -0.05) is 13.8 Å². The van der Waals surface area contributed by atoms with Crippen molar-refractivity contribution < 1.29 is 14.5 Å². The molecule has 0 saturated carbocycles. The van der Waals surface area contributed by atoms with Gasteiger partial charge in [0, 0.05) is 17.8 Å². The van der Waals surface area contributed by atoms with E-state index in [-0.39, 0.29) is 17.6 Å². The van der Waals surface area contributed by atoms with Gasteiger partial charge in [-0.25, -0.2) is 4.79 Å². The van der Waals surface area contributed by atoms with Crippen molar-refractivity contribution in [3.63, 3.8) is 0 Å². The summed E-state index contributed by atoms with van der Waals surface area (Å²) >= 11 is 0. The molecule has 1 N–H and O–H groups in total. The highest BCUT2D eigenvalue weighted by atomic mass is 16.6. The number of ether oxygens (including phenoxy) is 1. The van der Waals surface area contributed by atoms with Crippen LogP contribution in [-0.2, 0) is 9.53 Å². The summed E-state index contributed by atoms with van der Waals surface area (Å²) in [7, 11) is 0. The van der Waals surface area contributed by atoms with Crippen molar-refractivity contribution >= 4 is 17.3 Å². The molecule has 21 heavy (non-hydrogen) atoms. The highest BCUT2D eigenvalue weighted by Crippen LogP contribution is 2.20. The molecule has 1 aromatic carbocycles. The summed E-state index contributed by atoms with van der Waals surface area (Å²) in [5, 5.41) is 13.7. The van der Waals surface area contributed by atoms with Crippen molar-refractivity contribution in [3.05, 3.63) is 34.4 Å². The largest absolute Gasteiger partial charge is 0.458 e. The third-order valence-corrected chi connectivity index (χ3v) is 2.73. The molecular formula is C15H22N2O4. The lowest BCUT2D eigenvalue weighted by Gasteiger charge is -2.27. The summed E-state index contributed by atoms with van der Waals surface area (Å²) in [5.74, 6) is -0.314. The van der Waals surface area contributed by atoms with Crippen molar-refractivity contribution in [2.75, 3.05) is 5.32 Å². The zero-order valence-electron chi connectivity index (χ0n) is 13.0. The predicted octanol–water partition coefficient (Wildman–Crippen LogP) is 3.37. The van der Waals surface area contributed by atoms with E-state index in [1.165, 1.54) is 12.1 Å². The molecule has 0 spiro atoms. The number of nitrogens with one attached hydrogen (secondary N) is 1. The van der Waals surface area contributed by atoms with Crippen LogP contribution in [0.2, 0.25) is 0 Å². The third-order valence-electron chi connectivity index (χ3n) is 2.73. The molecule has 0 aliphatic heterocycles. The molecule has 0 unspecified atom stereocenters. The summed E-state index contributed by atoms with van der Waals surface area (Å²) in [6.07, 6.45) is 0. The second kappa shape index (κ2) is 6.56. The van der Waals surface area contributed by atoms with Gasteiger partial charge in [0.1, 0.15) is 11.6 Å². The predicted molar refractivity (Wildman–Crippen MR) is 81.2 cm³/mol. The molecule has 116 valence electrons.